The van der Waals surface area contributed by atoms with Gasteiger partial charge in [0.15, 0.2) is 0 Å². The lowest BCUT2D eigenvalue weighted by atomic mass is 9.89. The first kappa shape index (κ1) is 13.7. The smallest absolute Gasteiger partial charge is 0.133 e. The molecule has 1 fully saturated rings. The Kier molecular flexibility index (Phi) is 5.46. The van der Waals surface area contributed by atoms with Crippen LogP contribution in [0.1, 0.15) is 46.5 Å². The molecule has 16 heavy (non-hydrogen) atoms. The van der Waals surface area contributed by atoms with E-state index in [1.165, 1.54) is 24.6 Å². The molecular weight excluding hydrogens is 212 g/mol. The highest BCUT2D eigenvalue weighted by molar-refractivity contribution is 6.84. The van der Waals surface area contributed by atoms with Crippen LogP contribution in [0.4, 0.5) is 0 Å². The van der Waals surface area contributed by atoms with E-state index in [0.29, 0.717) is 11.7 Å². The molecule has 1 nitrogen and oxygen atoms in total. The minimum Gasteiger partial charge on any atom is -0.300 e. The summed E-state index contributed by atoms with van der Waals surface area (Å²) in [6.07, 6.45) is 6.34. The van der Waals surface area contributed by atoms with Gasteiger partial charge < -0.3 is 0 Å². The number of carbonyl (C=O) groups excluding carboxylic acids is 1. The highest BCUT2D eigenvalue weighted by Crippen LogP contribution is 2.26. The average Bonchev–Trinajstić information content (AvgIpc) is 2.32. The minimum absolute atomic E-state index is 0.470. The second-order valence-corrected chi connectivity index (χ2v) is 10.4. The van der Waals surface area contributed by atoms with Crippen molar-refractivity contribution in [1.82, 2.24) is 0 Å². The molecular formula is C14H26OSi. The van der Waals surface area contributed by atoms with Crippen molar-refractivity contribution in [2.24, 2.45) is 5.92 Å². The van der Waals surface area contributed by atoms with Gasteiger partial charge in [-0.05, 0) is 18.8 Å². The number of hydrogen-bond acceptors (Lipinski definition) is 1. The molecule has 1 saturated carbocycles. The van der Waals surface area contributed by atoms with Crippen LogP contribution < -0.4 is 0 Å². The fourth-order valence-electron chi connectivity index (χ4n) is 2.67. The van der Waals surface area contributed by atoms with E-state index in [1.54, 1.807) is 0 Å². The molecule has 1 aliphatic carbocycles. The van der Waals surface area contributed by atoms with Gasteiger partial charge in [-0.3, -0.25) is 4.79 Å². The van der Waals surface area contributed by atoms with Gasteiger partial charge in [-0.25, -0.2) is 0 Å². The third kappa shape index (κ3) is 3.58. The van der Waals surface area contributed by atoms with Gasteiger partial charge in [-0.2, -0.15) is 0 Å². The molecule has 1 atom stereocenters. The van der Waals surface area contributed by atoms with Crippen molar-refractivity contribution in [2.75, 3.05) is 0 Å². The van der Waals surface area contributed by atoms with Gasteiger partial charge in [-0.15, -0.1) is 0 Å². The molecule has 92 valence electrons. The zero-order valence-corrected chi connectivity index (χ0v) is 12.1. The molecule has 1 unspecified atom stereocenters. The topological polar surface area (TPSA) is 17.1 Å². The zero-order valence-electron chi connectivity index (χ0n) is 11.1. The summed E-state index contributed by atoms with van der Waals surface area (Å²) in [5.74, 6) is 1.02. The predicted octanol–water partition coefficient (Wildman–Crippen LogP) is 4.35. The Labute approximate surface area is 101 Å². The summed E-state index contributed by atoms with van der Waals surface area (Å²) in [4.78, 5) is 11.4. The SMILES string of the molecule is CC[Si](/C=C/C1CCCC(=O)C1)(CC)CC. The van der Waals surface area contributed by atoms with E-state index in [2.05, 4.69) is 32.5 Å². The Morgan fingerprint density at radius 3 is 2.38 bits per heavy atom. The minimum atomic E-state index is -1.12. The molecule has 0 radical (unpaired) electrons. The highest BCUT2D eigenvalue weighted by Gasteiger charge is 2.24. The second-order valence-electron chi connectivity index (χ2n) is 5.18. The molecule has 0 saturated heterocycles. The van der Waals surface area contributed by atoms with Gasteiger partial charge in [0.1, 0.15) is 5.78 Å². The average molecular weight is 238 g/mol. The molecule has 0 bridgehead atoms. The Bertz CT molecular complexity index is 245. The van der Waals surface area contributed by atoms with Crippen LogP contribution in [0, 0.1) is 5.92 Å². The maximum atomic E-state index is 11.4. The summed E-state index contributed by atoms with van der Waals surface area (Å²) >= 11 is 0. The summed E-state index contributed by atoms with van der Waals surface area (Å²) in [5.41, 5.74) is 2.54. The molecule has 0 spiro atoms. The van der Waals surface area contributed by atoms with Crippen molar-refractivity contribution >= 4 is 13.9 Å². The van der Waals surface area contributed by atoms with E-state index >= 15 is 0 Å². The summed E-state index contributed by atoms with van der Waals surface area (Å²) in [5, 5.41) is 0. The van der Waals surface area contributed by atoms with E-state index in [1.807, 2.05) is 0 Å². The first-order valence-corrected chi connectivity index (χ1v) is 9.56. The number of rotatable bonds is 5. The van der Waals surface area contributed by atoms with E-state index in [4.69, 9.17) is 0 Å². The van der Waals surface area contributed by atoms with Crippen molar-refractivity contribution in [3.63, 3.8) is 0 Å². The summed E-state index contributed by atoms with van der Waals surface area (Å²) in [6, 6.07) is 4.03. The molecule has 0 amide bonds. The van der Waals surface area contributed by atoms with Crippen LogP contribution in [0.3, 0.4) is 0 Å². The van der Waals surface area contributed by atoms with Crippen molar-refractivity contribution in [3.05, 3.63) is 11.8 Å². The number of hydrogen-bond donors (Lipinski definition) is 0. The molecule has 0 aromatic carbocycles. The van der Waals surface area contributed by atoms with Crippen LogP contribution in [0.15, 0.2) is 11.8 Å². The molecule has 0 heterocycles. The van der Waals surface area contributed by atoms with Crippen molar-refractivity contribution in [2.45, 2.75) is 64.6 Å². The van der Waals surface area contributed by atoms with Gasteiger partial charge in [0.25, 0.3) is 0 Å². The normalized spacial score (nSPS) is 22.9. The number of carbonyl (C=O) groups is 1. The summed E-state index contributed by atoms with van der Waals surface area (Å²) in [6.45, 7) is 6.99. The standard InChI is InChI=1S/C14H26OSi/c1-4-16(5-2,6-3)11-10-13-8-7-9-14(15)12-13/h10-11,13H,4-9,12H2,1-3H3/b11-10+. The Morgan fingerprint density at radius 2 is 1.88 bits per heavy atom. The first-order valence-electron chi connectivity index (χ1n) is 6.87. The highest BCUT2D eigenvalue weighted by atomic mass is 28.3. The summed E-state index contributed by atoms with van der Waals surface area (Å²) < 4.78 is 0. The Balaban J connectivity index is 2.59. The van der Waals surface area contributed by atoms with Gasteiger partial charge >= 0.3 is 0 Å². The zero-order chi connectivity index (χ0) is 12.0. The molecule has 0 N–H and O–H groups in total. The Morgan fingerprint density at radius 1 is 1.25 bits per heavy atom. The number of ketones is 1. The molecule has 1 rings (SSSR count). The fraction of sp³-hybridized carbons (Fsp3) is 0.786. The lowest BCUT2D eigenvalue weighted by Gasteiger charge is -2.25. The van der Waals surface area contributed by atoms with Gasteiger partial charge in [0.05, 0.1) is 8.07 Å². The van der Waals surface area contributed by atoms with Gasteiger partial charge in [0, 0.05) is 12.8 Å². The van der Waals surface area contributed by atoms with Crippen molar-refractivity contribution in [3.8, 4) is 0 Å². The van der Waals surface area contributed by atoms with Crippen molar-refractivity contribution in [1.29, 1.82) is 0 Å². The molecule has 1 aliphatic rings. The van der Waals surface area contributed by atoms with Crippen LogP contribution in [0.2, 0.25) is 18.1 Å². The largest absolute Gasteiger partial charge is 0.300 e. The van der Waals surface area contributed by atoms with E-state index in [9.17, 15) is 4.79 Å². The van der Waals surface area contributed by atoms with Crippen LogP contribution in [-0.4, -0.2) is 13.9 Å². The maximum Gasteiger partial charge on any atom is 0.133 e. The second kappa shape index (κ2) is 6.38. The van der Waals surface area contributed by atoms with Crippen molar-refractivity contribution < 1.29 is 4.79 Å². The van der Waals surface area contributed by atoms with Gasteiger partial charge in [0.2, 0.25) is 0 Å². The quantitative estimate of drug-likeness (QED) is 0.651. The first-order chi connectivity index (χ1) is 7.65. The van der Waals surface area contributed by atoms with E-state index in [-0.39, 0.29) is 0 Å². The van der Waals surface area contributed by atoms with E-state index < -0.39 is 8.07 Å². The predicted molar refractivity (Wildman–Crippen MR) is 73.3 cm³/mol. The van der Waals surface area contributed by atoms with E-state index in [0.717, 1.165) is 19.3 Å². The lowest BCUT2D eigenvalue weighted by molar-refractivity contribution is -0.121. The van der Waals surface area contributed by atoms with Gasteiger partial charge in [-0.1, -0.05) is 50.7 Å². The summed E-state index contributed by atoms with van der Waals surface area (Å²) in [7, 11) is -1.12. The Hall–Kier alpha value is -0.373. The maximum absolute atomic E-state index is 11.4. The lowest BCUT2D eigenvalue weighted by Crippen LogP contribution is -2.29. The third-order valence-electron chi connectivity index (χ3n) is 4.35. The number of Topliss-reactive ketones (excluding diaryl/α,β-unsaturated/α-hetero) is 1. The molecule has 0 aromatic rings. The van der Waals surface area contributed by atoms with Crippen LogP contribution in [0.25, 0.3) is 0 Å². The molecule has 0 aromatic heterocycles. The molecule has 0 aliphatic heterocycles. The van der Waals surface area contributed by atoms with Crippen LogP contribution in [-0.2, 0) is 4.79 Å². The number of allylic oxidation sites excluding steroid dienone is 1. The monoisotopic (exact) mass is 238 g/mol. The third-order valence-corrected chi connectivity index (χ3v) is 9.48. The van der Waals surface area contributed by atoms with Crippen LogP contribution >= 0.6 is 0 Å². The fourth-order valence-corrected chi connectivity index (χ4v) is 5.55. The molecule has 2 heteroatoms. The van der Waals surface area contributed by atoms with Crippen LogP contribution in [0.5, 0.6) is 0 Å².